The molecule has 0 atom stereocenters. The number of hydrogen-bond acceptors (Lipinski definition) is 1. The largest absolute Gasteiger partial charge is 0.351 e. The molecular weight excluding hydrogens is 341 g/mol. The molecular formula is C19H11F3N4. The molecule has 4 aromatic rings. The first-order valence-corrected chi connectivity index (χ1v) is 7.91. The van der Waals surface area contributed by atoms with Crippen molar-refractivity contribution in [3.8, 4) is 0 Å². The van der Waals surface area contributed by atoms with Crippen LogP contribution >= 0.6 is 0 Å². The molecule has 5 rings (SSSR count). The van der Waals surface area contributed by atoms with Crippen LogP contribution in [0.3, 0.4) is 0 Å². The molecule has 4 aromatic heterocycles. The predicted molar refractivity (Wildman–Crippen MR) is 95.1 cm³/mol. The fourth-order valence-electron chi connectivity index (χ4n) is 3.04. The van der Waals surface area contributed by atoms with Crippen LogP contribution in [0.1, 0.15) is 11.4 Å². The van der Waals surface area contributed by atoms with Crippen LogP contribution in [-0.2, 0) is 0 Å². The monoisotopic (exact) mass is 352 g/mol. The molecule has 0 aromatic carbocycles. The van der Waals surface area contributed by atoms with E-state index in [0.717, 1.165) is 0 Å². The van der Waals surface area contributed by atoms with Gasteiger partial charge in [-0.2, -0.15) is 0 Å². The van der Waals surface area contributed by atoms with Crippen molar-refractivity contribution in [2.75, 3.05) is 0 Å². The lowest BCUT2D eigenvalue weighted by molar-refractivity contribution is 0.620. The summed E-state index contributed by atoms with van der Waals surface area (Å²) in [7, 11) is 0. The van der Waals surface area contributed by atoms with Gasteiger partial charge >= 0.3 is 0 Å². The predicted octanol–water partition coefficient (Wildman–Crippen LogP) is 5.11. The molecule has 0 amide bonds. The second kappa shape index (κ2) is 5.26. The van der Waals surface area contributed by atoms with Gasteiger partial charge in [-0.15, -0.1) is 0 Å². The highest BCUT2D eigenvalue weighted by Crippen LogP contribution is 2.23. The van der Waals surface area contributed by atoms with Gasteiger partial charge in [-0.25, -0.2) is 18.2 Å². The quantitative estimate of drug-likeness (QED) is 0.356. The van der Waals surface area contributed by atoms with E-state index in [1.807, 2.05) is 0 Å². The number of aromatic nitrogens is 4. The summed E-state index contributed by atoms with van der Waals surface area (Å²) in [6.07, 6.45) is 2.79. The smallest absolute Gasteiger partial charge is 0.172 e. The van der Waals surface area contributed by atoms with E-state index in [2.05, 4.69) is 19.9 Å². The van der Waals surface area contributed by atoms with Crippen molar-refractivity contribution in [2.24, 2.45) is 0 Å². The van der Waals surface area contributed by atoms with E-state index in [0.29, 0.717) is 11.0 Å². The third-order valence-electron chi connectivity index (χ3n) is 4.38. The number of H-pyrrole nitrogens is 3. The summed E-state index contributed by atoms with van der Waals surface area (Å²) in [6, 6.07) is 9.36. The average molecular weight is 352 g/mol. The van der Waals surface area contributed by atoms with Crippen LogP contribution in [0.2, 0.25) is 0 Å². The highest BCUT2D eigenvalue weighted by atomic mass is 19.1. The van der Waals surface area contributed by atoms with Crippen molar-refractivity contribution in [3.05, 3.63) is 65.2 Å². The maximum Gasteiger partial charge on any atom is 0.172 e. The summed E-state index contributed by atoms with van der Waals surface area (Å²) in [5.74, 6) is -1.83. The molecule has 26 heavy (non-hydrogen) atoms. The highest BCUT2D eigenvalue weighted by Gasteiger charge is 2.12. The van der Waals surface area contributed by atoms with Crippen LogP contribution in [0.25, 0.3) is 45.3 Å². The molecule has 1 aliphatic rings. The van der Waals surface area contributed by atoms with Gasteiger partial charge in [0, 0.05) is 0 Å². The zero-order valence-electron chi connectivity index (χ0n) is 13.2. The highest BCUT2D eigenvalue weighted by molar-refractivity contribution is 5.82. The molecule has 5 heterocycles. The molecule has 4 nitrogen and oxygen atoms in total. The lowest BCUT2D eigenvalue weighted by Crippen LogP contribution is -1.85. The first-order chi connectivity index (χ1) is 12.6. The maximum absolute atomic E-state index is 14.7. The zero-order valence-corrected chi connectivity index (χ0v) is 13.2. The first-order valence-electron chi connectivity index (χ1n) is 7.91. The second-order valence-electron chi connectivity index (χ2n) is 6.01. The van der Waals surface area contributed by atoms with Crippen LogP contribution in [0.4, 0.5) is 13.2 Å². The van der Waals surface area contributed by atoms with Crippen molar-refractivity contribution >= 4 is 45.3 Å². The lowest BCUT2D eigenvalue weighted by Gasteiger charge is -1.90. The van der Waals surface area contributed by atoms with Gasteiger partial charge in [0.25, 0.3) is 0 Å². The van der Waals surface area contributed by atoms with Gasteiger partial charge in [-0.1, -0.05) is 0 Å². The Morgan fingerprint density at radius 3 is 1.31 bits per heavy atom. The summed E-state index contributed by atoms with van der Waals surface area (Å²) >= 11 is 0. The molecule has 0 aliphatic carbocycles. The summed E-state index contributed by atoms with van der Waals surface area (Å²) in [5.41, 5.74) is 1.85. The first kappa shape index (κ1) is 14.8. The van der Waals surface area contributed by atoms with E-state index in [9.17, 15) is 13.2 Å². The Morgan fingerprint density at radius 1 is 0.500 bits per heavy atom. The second-order valence-corrected chi connectivity index (χ2v) is 6.01. The molecule has 0 saturated heterocycles. The molecule has 8 bridgehead atoms. The van der Waals surface area contributed by atoms with Crippen molar-refractivity contribution in [1.82, 2.24) is 19.9 Å². The van der Waals surface area contributed by atoms with Gasteiger partial charge in [-0.05, 0) is 48.6 Å². The molecule has 7 heteroatoms. The third kappa shape index (κ3) is 2.13. The van der Waals surface area contributed by atoms with Crippen LogP contribution < -0.4 is 0 Å². The zero-order chi connectivity index (χ0) is 17.8. The Balaban J connectivity index is 2.01. The number of fused-ring (bicyclic) bond motifs is 9. The maximum atomic E-state index is 14.7. The minimum Gasteiger partial charge on any atom is -0.351 e. The molecule has 0 radical (unpaired) electrons. The van der Waals surface area contributed by atoms with Gasteiger partial charge in [0.1, 0.15) is 11.4 Å². The molecule has 0 fully saturated rings. The Hall–Kier alpha value is -3.48. The van der Waals surface area contributed by atoms with E-state index in [1.54, 1.807) is 24.3 Å². The summed E-state index contributed by atoms with van der Waals surface area (Å²) in [4.78, 5) is 12.6. The Kier molecular flexibility index (Phi) is 3.00. The molecule has 3 N–H and O–H groups in total. The van der Waals surface area contributed by atoms with E-state index >= 15 is 0 Å². The fourth-order valence-corrected chi connectivity index (χ4v) is 3.04. The van der Waals surface area contributed by atoms with E-state index in [-0.39, 0.29) is 33.5 Å². The van der Waals surface area contributed by atoms with Crippen LogP contribution in [0, 0.1) is 17.5 Å². The number of aromatic amines is 3. The molecule has 0 spiro atoms. The number of nitrogens with one attached hydrogen (secondary N) is 3. The van der Waals surface area contributed by atoms with Gasteiger partial charge in [0.2, 0.25) is 0 Å². The number of halogens is 3. The summed E-state index contributed by atoms with van der Waals surface area (Å²) in [6.45, 7) is 0. The van der Waals surface area contributed by atoms with Crippen LogP contribution in [0.15, 0.2) is 36.4 Å². The Labute approximate surface area is 144 Å². The van der Waals surface area contributed by atoms with Crippen molar-refractivity contribution in [3.63, 3.8) is 0 Å². The molecule has 1 aliphatic heterocycles. The van der Waals surface area contributed by atoms with Gasteiger partial charge in [0.15, 0.2) is 17.5 Å². The Bertz CT molecular complexity index is 1320. The third-order valence-corrected chi connectivity index (χ3v) is 4.38. The number of rotatable bonds is 0. The van der Waals surface area contributed by atoms with Crippen LogP contribution in [0.5, 0.6) is 0 Å². The van der Waals surface area contributed by atoms with Crippen LogP contribution in [-0.4, -0.2) is 19.9 Å². The van der Waals surface area contributed by atoms with Crippen molar-refractivity contribution in [1.29, 1.82) is 0 Å². The fraction of sp³-hybridized carbons (Fsp3) is 0. The summed E-state index contributed by atoms with van der Waals surface area (Å²) in [5, 5.41) is 0. The van der Waals surface area contributed by atoms with Crippen molar-refractivity contribution < 1.29 is 13.2 Å². The molecule has 0 saturated carbocycles. The van der Waals surface area contributed by atoms with Gasteiger partial charge in [-0.3, -0.25) is 0 Å². The molecule has 128 valence electrons. The van der Waals surface area contributed by atoms with E-state index in [4.69, 9.17) is 0 Å². The van der Waals surface area contributed by atoms with E-state index in [1.165, 1.54) is 24.3 Å². The molecule has 0 unspecified atom stereocenters. The summed E-state index contributed by atoms with van der Waals surface area (Å²) < 4.78 is 44.1. The van der Waals surface area contributed by atoms with E-state index < -0.39 is 17.5 Å². The lowest BCUT2D eigenvalue weighted by atomic mass is 10.3. The van der Waals surface area contributed by atoms with Gasteiger partial charge in [0.05, 0.1) is 33.1 Å². The average Bonchev–Trinajstić information content (AvgIpc) is 3.45. The topological polar surface area (TPSA) is 60.3 Å². The number of nitrogens with zero attached hydrogens (tertiary/aromatic N) is 1. The standard InChI is InChI=1S/C19H11F3N4/c20-17-11-3-1-9(23-11)10-2-4-12(24-10)18(21)14-6-8-16(26-14)19(22)15-7-5-13(17)25-15/h1-8,23-25H. The number of hydrogen-bond donors (Lipinski definition) is 3. The minimum atomic E-state index is -0.683. The minimum absolute atomic E-state index is 0.0211. The normalized spacial score (nSPS) is 12.3. The van der Waals surface area contributed by atoms with Gasteiger partial charge < -0.3 is 15.0 Å². The van der Waals surface area contributed by atoms with Crippen molar-refractivity contribution in [2.45, 2.75) is 0 Å². The Morgan fingerprint density at radius 2 is 0.846 bits per heavy atom. The SMILES string of the molecule is Fc1c2nc(c(F)c3ccc([nH]3)c3ccc([nH]3)c(F)c3ccc1[nH]3)C=C2.